The van der Waals surface area contributed by atoms with Crippen molar-refractivity contribution in [2.45, 2.75) is 39.3 Å². The smallest absolute Gasteiger partial charge is 0.0512 e. The maximum Gasteiger partial charge on any atom is 0.0512 e. The van der Waals surface area contributed by atoms with Crippen LogP contribution in [0.5, 0.6) is 0 Å². The fraction of sp³-hybridized carbons (Fsp3) is 0.538. The number of aliphatic hydroxyl groups is 1. The molecular formula is C13H20ClNO. The molecule has 0 aromatic heterocycles. The first kappa shape index (κ1) is 13.5. The molecule has 2 nitrogen and oxygen atoms in total. The Balaban J connectivity index is 2.27. The van der Waals surface area contributed by atoms with E-state index in [0.717, 1.165) is 36.5 Å². The Morgan fingerprint density at radius 3 is 2.81 bits per heavy atom. The molecule has 1 rings (SSSR count). The minimum absolute atomic E-state index is 0.204. The van der Waals surface area contributed by atoms with Crippen LogP contribution in [-0.2, 0) is 6.54 Å². The highest BCUT2D eigenvalue weighted by molar-refractivity contribution is 6.31. The van der Waals surface area contributed by atoms with E-state index in [0.29, 0.717) is 0 Å². The second kappa shape index (κ2) is 6.89. The zero-order valence-corrected chi connectivity index (χ0v) is 10.7. The molecule has 0 aliphatic carbocycles. The minimum atomic E-state index is -0.204. The Morgan fingerprint density at radius 1 is 1.44 bits per heavy atom. The summed E-state index contributed by atoms with van der Waals surface area (Å²) in [5.74, 6) is 0. The average molecular weight is 242 g/mol. The Bertz CT molecular complexity index is 326. The Morgan fingerprint density at radius 2 is 2.19 bits per heavy atom. The summed E-state index contributed by atoms with van der Waals surface area (Å²) in [4.78, 5) is 0. The van der Waals surface area contributed by atoms with Crippen molar-refractivity contribution < 1.29 is 5.11 Å². The first-order valence-corrected chi connectivity index (χ1v) is 6.11. The number of benzene rings is 1. The molecule has 16 heavy (non-hydrogen) atoms. The molecule has 2 N–H and O–H groups in total. The third kappa shape index (κ3) is 4.97. The van der Waals surface area contributed by atoms with Crippen molar-refractivity contribution in [3.63, 3.8) is 0 Å². The van der Waals surface area contributed by atoms with Crippen molar-refractivity contribution in [3.05, 3.63) is 34.3 Å². The summed E-state index contributed by atoms with van der Waals surface area (Å²) >= 11 is 6.11. The third-order valence-electron chi connectivity index (χ3n) is 2.50. The van der Waals surface area contributed by atoms with E-state index in [4.69, 9.17) is 16.7 Å². The zero-order chi connectivity index (χ0) is 12.0. The van der Waals surface area contributed by atoms with Crippen LogP contribution < -0.4 is 5.32 Å². The number of rotatable bonds is 6. The van der Waals surface area contributed by atoms with Crippen LogP contribution in [0.4, 0.5) is 0 Å². The van der Waals surface area contributed by atoms with Gasteiger partial charge in [-0.15, -0.1) is 0 Å². The lowest BCUT2D eigenvalue weighted by Gasteiger charge is -2.08. The number of hydrogen-bond acceptors (Lipinski definition) is 2. The maximum atomic E-state index is 9.09. The molecule has 1 unspecified atom stereocenters. The van der Waals surface area contributed by atoms with Crippen LogP contribution in [0.25, 0.3) is 0 Å². The first-order chi connectivity index (χ1) is 7.59. The molecule has 0 radical (unpaired) electrons. The van der Waals surface area contributed by atoms with Crippen LogP contribution in [0.3, 0.4) is 0 Å². The van der Waals surface area contributed by atoms with Gasteiger partial charge in [0.2, 0.25) is 0 Å². The summed E-state index contributed by atoms with van der Waals surface area (Å²) in [5.41, 5.74) is 2.31. The van der Waals surface area contributed by atoms with Crippen LogP contribution >= 0.6 is 11.6 Å². The number of aliphatic hydroxyl groups excluding tert-OH is 1. The highest BCUT2D eigenvalue weighted by atomic mass is 35.5. The Hall–Kier alpha value is -0.570. The number of halogens is 1. The van der Waals surface area contributed by atoms with E-state index in [-0.39, 0.29) is 6.10 Å². The molecule has 0 saturated heterocycles. The zero-order valence-electron chi connectivity index (χ0n) is 9.96. The molecule has 0 fully saturated rings. The van der Waals surface area contributed by atoms with E-state index in [2.05, 4.69) is 17.4 Å². The lowest BCUT2D eigenvalue weighted by atomic mass is 10.1. The van der Waals surface area contributed by atoms with Crippen LogP contribution in [0.1, 0.15) is 30.9 Å². The van der Waals surface area contributed by atoms with E-state index in [1.807, 2.05) is 19.9 Å². The lowest BCUT2D eigenvalue weighted by Crippen LogP contribution is -2.16. The van der Waals surface area contributed by atoms with Gasteiger partial charge in [0.05, 0.1) is 6.10 Å². The summed E-state index contributed by atoms with van der Waals surface area (Å²) in [7, 11) is 0. The molecule has 1 aromatic carbocycles. The van der Waals surface area contributed by atoms with Gasteiger partial charge in [-0.05, 0) is 50.4 Å². The predicted molar refractivity (Wildman–Crippen MR) is 68.8 cm³/mol. The fourth-order valence-corrected chi connectivity index (χ4v) is 1.84. The monoisotopic (exact) mass is 241 g/mol. The third-order valence-corrected chi connectivity index (χ3v) is 2.85. The van der Waals surface area contributed by atoms with Gasteiger partial charge in [0.15, 0.2) is 0 Å². The van der Waals surface area contributed by atoms with E-state index in [1.54, 1.807) is 0 Å². The van der Waals surface area contributed by atoms with Gasteiger partial charge in [0.1, 0.15) is 0 Å². The van der Waals surface area contributed by atoms with Gasteiger partial charge >= 0.3 is 0 Å². The molecule has 0 bridgehead atoms. The van der Waals surface area contributed by atoms with Gasteiger partial charge in [-0.25, -0.2) is 0 Å². The molecule has 3 heteroatoms. The van der Waals surface area contributed by atoms with Crippen LogP contribution in [0.2, 0.25) is 5.02 Å². The molecule has 0 aliphatic heterocycles. The number of aryl methyl sites for hydroxylation is 1. The normalized spacial score (nSPS) is 12.8. The maximum absolute atomic E-state index is 9.09. The lowest BCUT2D eigenvalue weighted by molar-refractivity contribution is 0.181. The van der Waals surface area contributed by atoms with Gasteiger partial charge in [0, 0.05) is 11.6 Å². The van der Waals surface area contributed by atoms with Crippen molar-refractivity contribution in [2.75, 3.05) is 6.54 Å². The van der Waals surface area contributed by atoms with Crippen LogP contribution in [0.15, 0.2) is 18.2 Å². The van der Waals surface area contributed by atoms with Crippen LogP contribution in [-0.4, -0.2) is 17.8 Å². The number of nitrogens with one attached hydrogen (secondary N) is 1. The van der Waals surface area contributed by atoms with Gasteiger partial charge < -0.3 is 10.4 Å². The van der Waals surface area contributed by atoms with Gasteiger partial charge in [-0.2, -0.15) is 0 Å². The molecule has 0 spiro atoms. The van der Waals surface area contributed by atoms with Crippen LogP contribution in [0, 0.1) is 6.92 Å². The van der Waals surface area contributed by atoms with E-state index >= 15 is 0 Å². The molecule has 0 heterocycles. The Kier molecular flexibility index (Phi) is 5.81. The summed E-state index contributed by atoms with van der Waals surface area (Å²) in [6.07, 6.45) is 1.63. The SMILES string of the molecule is Cc1ccc(CNCCCC(C)O)c(Cl)c1. The van der Waals surface area contributed by atoms with Crippen molar-refractivity contribution in [3.8, 4) is 0 Å². The topological polar surface area (TPSA) is 32.3 Å². The molecule has 0 saturated carbocycles. The number of hydrogen-bond donors (Lipinski definition) is 2. The summed E-state index contributed by atoms with van der Waals surface area (Å²) in [5, 5.41) is 13.2. The largest absolute Gasteiger partial charge is 0.393 e. The molecule has 0 amide bonds. The standard InChI is InChI=1S/C13H20ClNO/c1-10-5-6-12(13(14)8-10)9-15-7-3-4-11(2)16/h5-6,8,11,15-16H,3-4,7,9H2,1-2H3. The Labute approximate surface area is 103 Å². The fourth-order valence-electron chi connectivity index (χ4n) is 1.54. The highest BCUT2D eigenvalue weighted by Gasteiger charge is 2.00. The quantitative estimate of drug-likeness (QED) is 0.751. The summed E-state index contributed by atoms with van der Waals surface area (Å²) in [6, 6.07) is 6.10. The van der Waals surface area contributed by atoms with Gasteiger partial charge in [-0.3, -0.25) is 0 Å². The highest BCUT2D eigenvalue weighted by Crippen LogP contribution is 2.17. The van der Waals surface area contributed by atoms with E-state index in [1.165, 1.54) is 5.56 Å². The summed E-state index contributed by atoms with van der Waals surface area (Å²) in [6.45, 7) is 5.55. The molecule has 1 aromatic rings. The molecule has 1 atom stereocenters. The molecule has 90 valence electrons. The van der Waals surface area contributed by atoms with Gasteiger partial charge in [-0.1, -0.05) is 23.7 Å². The first-order valence-electron chi connectivity index (χ1n) is 5.73. The molecular weight excluding hydrogens is 222 g/mol. The average Bonchev–Trinajstić information content (AvgIpc) is 2.20. The van der Waals surface area contributed by atoms with Crippen molar-refractivity contribution in [1.82, 2.24) is 5.32 Å². The van der Waals surface area contributed by atoms with E-state index < -0.39 is 0 Å². The predicted octanol–water partition coefficient (Wildman–Crippen LogP) is 2.90. The van der Waals surface area contributed by atoms with E-state index in [9.17, 15) is 0 Å². The second-order valence-electron chi connectivity index (χ2n) is 4.26. The minimum Gasteiger partial charge on any atom is -0.393 e. The van der Waals surface area contributed by atoms with Crippen molar-refractivity contribution in [2.24, 2.45) is 0 Å². The van der Waals surface area contributed by atoms with Crippen molar-refractivity contribution >= 4 is 11.6 Å². The molecule has 0 aliphatic rings. The van der Waals surface area contributed by atoms with Crippen molar-refractivity contribution in [1.29, 1.82) is 0 Å². The summed E-state index contributed by atoms with van der Waals surface area (Å²) < 4.78 is 0. The van der Waals surface area contributed by atoms with Gasteiger partial charge in [0.25, 0.3) is 0 Å². The second-order valence-corrected chi connectivity index (χ2v) is 4.67.